The van der Waals surface area contributed by atoms with Crippen LogP contribution in [0.2, 0.25) is 0 Å². The van der Waals surface area contributed by atoms with Gasteiger partial charge in [-0.3, -0.25) is 9.59 Å². The third-order valence-corrected chi connectivity index (χ3v) is 2.48. The third-order valence-electron chi connectivity index (χ3n) is 2.48. The van der Waals surface area contributed by atoms with E-state index in [0.717, 1.165) is 6.07 Å². The first kappa shape index (κ1) is 16.4. The highest BCUT2D eigenvalue weighted by molar-refractivity contribution is 6.43. The van der Waals surface area contributed by atoms with E-state index in [1.807, 2.05) is 0 Å². The van der Waals surface area contributed by atoms with Gasteiger partial charge in [0.1, 0.15) is 0 Å². The highest BCUT2D eigenvalue weighted by atomic mass is 16.5. The maximum Gasteiger partial charge on any atom is 0.379 e. The lowest BCUT2D eigenvalue weighted by Crippen LogP contribution is -2.20. The summed E-state index contributed by atoms with van der Waals surface area (Å²) in [5, 5.41) is 0. The van der Waals surface area contributed by atoms with Crippen LogP contribution >= 0.6 is 0 Å². The van der Waals surface area contributed by atoms with Crippen molar-refractivity contribution in [1.82, 2.24) is 0 Å². The molecule has 0 aliphatic heterocycles. The molecule has 112 valence electrons. The second-order valence-corrected chi connectivity index (χ2v) is 3.90. The minimum absolute atomic E-state index is 0.0219. The fourth-order valence-electron chi connectivity index (χ4n) is 1.53. The molecule has 0 bridgehead atoms. The van der Waals surface area contributed by atoms with Crippen LogP contribution in [0, 0.1) is 0 Å². The van der Waals surface area contributed by atoms with Gasteiger partial charge < -0.3 is 15.2 Å². The average Bonchev–Trinajstić information content (AvgIpc) is 2.46. The zero-order chi connectivity index (χ0) is 16.0. The average molecular weight is 293 g/mol. The molecule has 1 aromatic carbocycles. The summed E-state index contributed by atoms with van der Waals surface area (Å²) in [6.45, 7) is 3.26. The number of anilines is 1. The Labute approximate surface area is 121 Å². The summed E-state index contributed by atoms with van der Waals surface area (Å²) in [7, 11) is 0. The molecule has 0 atom stereocenters. The van der Waals surface area contributed by atoms with E-state index in [-0.39, 0.29) is 30.0 Å². The first-order valence-corrected chi connectivity index (χ1v) is 6.24. The number of Topliss-reactive ketones (excluding diaryl/α,β-unsaturated/α-hetero) is 2. The fourth-order valence-corrected chi connectivity index (χ4v) is 1.53. The molecule has 0 fully saturated rings. The Morgan fingerprint density at radius 3 is 1.95 bits per heavy atom. The van der Waals surface area contributed by atoms with E-state index in [1.165, 1.54) is 12.1 Å². The van der Waals surface area contributed by atoms with E-state index in [9.17, 15) is 19.2 Å². The minimum Gasteiger partial charge on any atom is -0.460 e. The predicted octanol–water partition coefficient (Wildman–Crippen LogP) is 0.760. The summed E-state index contributed by atoms with van der Waals surface area (Å²) in [5.41, 5.74) is 5.43. The van der Waals surface area contributed by atoms with Crippen molar-refractivity contribution in [2.24, 2.45) is 0 Å². The number of carbonyl (C=O) groups excluding carboxylic acids is 4. The highest BCUT2D eigenvalue weighted by Crippen LogP contribution is 2.16. The van der Waals surface area contributed by atoms with Gasteiger partial charge in [0.05, 0.1) is 18.8 Å². The molecule has 7 heteroatoms. The Bertz CT molecular complexity index is 593. The minimum atomic E-state index is -1.03. The molecule has 0 spiro atoms. The van der Waals surface area contributed by atoms with Crippen LogP contribution in [0.1, 0.15) is 34.6 Å². The third kappa shape index (κ3) is 3.88. The van der Waals surface area contributed by atoms with E-state index in [1.54, 1.807) is 13.8 Å². The molecule has 2 N–H and O–H groups in total. The van der Waals surface area contributed by atoms with Crippen LogP contribution in [0.15, 0.2) is 18.2 Å². The lowest BCUT2D eigenvalue weighted by atomic mass is 10.0. The predicted molar refractivity (Wildman–Crippen MR) is 72.8 cm³/mol. The van der Waals surface area contributed by atoms with Gasteiger partial charge in [-0.05, 0) is 32.0 Å². The maximum atomic E-state index is 11.7. The van der Waals surface area contributed by atoms with Crippen LogP contribution < -0.4 is 5.73 Å². The summed E-state index contributed by atoms with van der Waals surface area (Å²) in [6, 6.07) is 3.56. The Hall–Kier alpha value is -2.70. The molecule has 21 heavy (non-hydrogen) atoms. The van der Waals surface area contributed by atoms with Crippen molar-refractivity contribution in [2.75, 3.05) is 18.9 Å². The highest BCUT2D eigenvalue weighted by Gasteiger charge is 2.23. The van der Waals surface area contributed by atoms with Crippen molar-refractivity contribution in [3.63, 3.8) is 0 Å². The van der Waals surface area contributed by atoms with E-state index in [0.29, 0.717) is 0 Å². The molecule has 0 saturated carbocycles. The number of hydrogen-bond donors (Lipinski definition) is 1. The van der Waals surface area contributed by atoms with Gasteiger partial charge in [0.2, 0.25) is 0 Å². The molecule has 0 aromatic heterocycles. The molecule has 0 heterocycles. The summed E-state index contributed by atoms with van der Waals surface area (Å²) in [4.78, 5) is 46.1. The zero-order valence-corrected chi connectivity index (χ0v) is 11.7. The number of esters is 2. The van der Waals surface area contributed by atoms with Gasteiger partial charge in [-0.2, -0.15) is 0 Å². The molecule has 7 nitrogen and oxygen atoms in total. The number of rotatable bonds is 6. The van der Waals surface area contributed by atoms with Crippen molar-refractivity contribution in [2.45, 2.75) is 13.8 Å². The van der Waals surface area contributed by atoms with Crippen LogP contribution in [0.4, 0.5) is 5.69 Å². The fraction of sp³-hybridized carbons (Fsp3) is 0.286. The van der Waals surface area contributed by atoms with Crippen LogP contribution in [-0.4, -0.2) is 36.7 Å². The number of ether oxygens (including phenoxy) is 2. The summed E-state index contributed by atoms with van der Waals surface area (Å²) < 4.78 is 9.15. The Balaban J connectivity index is 3.00. The number of hydrogen-bond acceptors (Lipinski definition) is 7. The SMILES string of the molecule is CCOC(=O)C(=O)c1ccc(C(=O)C(=O)OCC)c(N)c1. The molecule has 0 radical (unpaired) electrons. The van der Waals surface area contributed by atoms with E-state index in [2.05, 4.69) is 9.47 Å². The zero-order valence-electron chi connectivity index (χ0n) is 11.7. The largest absolute Gasteiger partial charge is 0.460 e. The summed E-state index contributed by atoms with van der Waals surface area (Å²) >= 11 is 0. The maximum absolute atomic E-state index is 11.7. The van der Waals surface area contributed by atoms with Gasteiger partial charge in [0, 0.05) is 11.3 Å². The monoisotopic (exact) mass is 293 g/mol. The molecular weight excluding hydrogens is 278 g/mol. The second kappa shape index (κ2) is 7.18. The number of carbonyl (C=O) groups is 4. The molecule has 1 aromatic rings. The standard InChI is InChI=1S/C14H15NO6/c1-3-20-13(18)11(16)8-5-6-9(10(15)7-8)12(17)14(19)21-4-2/h5-7H,3-4,15H2,1-2H3. The van der Waals surface area contributed by atoms with Crippen molar-refractivity contribution in [3.8, 4) is 0 Å². The van der Waals surface area contributed by atoms with Gasteiger partial charge in [-0.15, -0.1) is 0 Å². The number of ketones is 2. The van der Waals surface area contributed by atoms with Crippen molar-refractivity contribution >= 4 is 29.2 Å². The Morgan fingerprint density at radius 1 is 0.952 bits per heavy atom. The van der Waals surface area contributed by atoms with Gasteiger partial charge in [0.15, 0.2) is 0 Å². The van der Waals surface area contributed by atoms with Crippen LogP contribution in [0.25, 0.3) is 0 Å². The van der Waals surface area contributed by atoms with Crippen molar-refractivity contribution in [3.05, 3.63) is 29.3 Å². The topological polar surface area (TPSA) is 113 Å². The molecular formula is C14H15NO6. The van der Waals surface area contributed by atoms with Crippen molar-refractivity contribution < 1.29 is 28.7 Å². The van der Waals surface area contributed by atoms with Gasteiger partial charge in [-0.25, -0.2) is 9.59 Å². The van der Waals surface area contributed by atoms with Crippen molar-refractivity contribution in [1.29, 1.82) is 0 Å². The van der Waals surface area contributed by atoms with Crippen LogP contribution in [0.5, 0.6) is 0 Å². The molecule has 0 unspecified atom stereocenters. The lowest BCUT2D eigenvalue weighted by molar-refractivity contribution is -0.138. The smallest absolute Gasteiger partial charge is 0.379 e. The lowest BCUT2D eigenvalue weighted by Gasteiger charge is -2.06. The molecule has 0 amide bonds. The van der Waals surface area contributed by atoms with Gasteiger partial charge in [0.25, 0.3) is 11.6 Å². The molecule has 0 saturated heterocycles. The van der Waals surface area contributed by atoms with E-state index in [4.69, 9.17) is 5.73 Å². The van der Waals surface area contributed by atoms with E-state index >= 15 is 0 Å². The Kier molecular flexibility index (Phi) is 5.59. The first-order valence-electron chi connectivity index (χ1n) is 6.24. The van der Waals surface area contributed by atoms with Gasteiger partial charge >= 0.3 is 11.9 Å². The number of benzene rings is 1. The summed E-state index contributed by atoms with van der Waals surface area (Å²) in [5.74, 6) is -3.83. The number of nitrogens with two attached hydrogens (primary N) is 1. The summed E-state index contributed by atoms with van der Waals surface area (Å²) in [6.07, 6.45) is 0. The van der Waals surface area contributed by atoms with E-state index < -0.39 is 23.5 Å². The second-order valence-electron chi connectivity index (χ2n) is 3.90. The number of nitrogen functional groups attached to an aromatic ring is 1. The van der Waals surface area contributed by atoms with Crippen LogP contribution in [0.3, 0.4) is 0 Å². The van der Waals surface area contributed by atoms with Gasteiger partial charge in [-0.1, -0.05) is 0 Å². The molecule has 0 aliphatic rings. The molecule has 1 rings (SSSR count). The Morgan fingerprint density at radius 2 is 1.48 bits per heavy atom. The normalized spacial score (nSPS) is 9.81. The molecule has 0 aliphatic carbocycles. The van der Waals surface area contributed by atoms with Crippen LogP contribution in [-0.2, 0) is 19.1 Å². The first-order chi connectivity index (χ1) is 9.92. The quantitative estimate of drug-likeness (QED) is 0.356.